The van der Waals surface area contributed by atoms with Gasteiger partial charge in [-0.15, -0.1) is 0 Å². The number of hydrogen-bond acceptors (Lipinski definition) is 3. The number of hydrogen-bond donors (Lipinski definition) is 0. The molecular formula is C14H24O2S. The summed E-state index contributed by atoms with van der Waals surface area (Å²) < 4.78 is 4.91. The van der Waals surface area contributed by atoms with Crippen LogP contribution in [0.2, 0.25) is 0 Å². The first-order valence-corrected chi connectivity index (χ1v) is 7.76. The SMILES string of the molecule is C=CCOC(=O)CCCCCCCCC1CS1. The molecule has 0 aliphatic carbocycles. The molecule has 0 saturated carbocycles. The molecule has 0 bridgehead atoms. The molecule has 1 rings (SSSR count). The van der Waals surface area contributed by atoms with E-state index in [1.165, 1.54) is 37.9 Å². The van der Waals surface area contributed by atoms with Crippen molar-refractivity contribution >= 4 is 17.7 Å². The molecule has 0 aromatic carbocycles. The predicted octanol–water partition coefficient (Wildman–Crippen LogP) is 3.95. The largest absolute Gasteiger partial charge is 0.461 e. The highest BCUT2D eigenvalue weighted by Gasteiger charge is 2.20. The Morgan fingerprint density at radius 3 is 2.53 bits per heavy atom. The van der Waals surface area contributed by atoms with Crippen molar-refractivity contribution < 1.29 is 9.53 Å². The molecule has 0 aromatic rings. The highest BCUT2D eigenvalue weighted by Crippen LogP contribution is 2.34. The van der Waals surface area contributed by atoms with Gasteiger partial charge in [0.15, 0.2) is 0 Å². The van der Waals surface area contributed by atoms with Crippen molar-refractivity contribution in [2.45, 2.75) is 56.6 Å². The zero-order chi connectivity index (χ0) is 12.3. The highest BCUT2D eigenvalue weighted by atomic mass is 32.2. The molecule has 0 N–H and O–H groups in total. The minimum absolute atomic E-state index is 0.0874. The van der Waals surface area contributed by atoms with Crippen molar-refractivity contribution in [1.29, 1.82) is 0 Å². The van der Waals surface area contributed by atoms with Crippen LogP contribution in [-0.4, -0.2) is 23.6 Å². The van der Waals surface area contributed by atoms with Crippen LogP contribution in [0.5, 0.6) is 0 Å². The average Bonchev–Trinajstić information content (AvgIpc) is 3.14. The fraction of sp³-hybridized carbons (Fsp3) is 0.786. The van der Waals surface area contributed by atoms with Crippen LogP contribution >= 0.6 is 11.8 Å². The molecular weight excluding hydrogens is 232 g/mol. The molecule has 1 atom stereocenters. The van der Waals surface area contributed by atoms with E-state index in [1.807, 2.05) is 0 Å². The molecule has 0 spiro atoms. The molecule has 1 heterocycles. The van der Waals surface area contributed by atoms with E-state index in [1.54, 1.807) is 6.08 Å². The molecule has 3 heteroatoms. The van der Waals surface area contributed by atoms with Crippen LogP contribution < -0.4 is 0 Å². The van der Waals surface area contributed by atoms with Crippen LogP contribution in [0.3, 0.4) is 0 Å². The molecule has 1 fully saturated rings. The van der Waals surface area contributed by atoms with E-state index in [0.29, 0.717) is 13.0 Å². The van der Waals surface area contributed by atoms with Gasteiger partial charge in [0.2, 0.25) is 0 Å². The van der Waals surface area contributed by atoms with Gasteiger partial charge in [-0.05, 0) is 12.8 Å². The van der Waals surface area contributed by atoms with Crippen LogP contribution in [-0.2, 0) is 9.53 Å². The summed E-state index contributed by atoms with van der Waals surface area (Å²) >= 11 is 2.09. The molecule has 0 aromatic heterocycles. The summed E-state index contributed by atoms with van der Waals surface area (Å²) in [6, 6.07) is 0. The first-order chi connectivity index (χ1) is 8.33. The second-order valence-corrected chi connectivity index (χ2v) is 5.92. The third-order valence-corrected chi connectivity index (χ3v) is 3.96. The molecule has 0 amide bonds. The molecule has 0 radical (unpaired) electrons. The molecule has 2 nitrogen and oxygen atoms in total. The van der Waals surface area contributed by atoms with Gasteiger partial charge < -0.3 is 4.74 Å². The smallest absolute Gasteiger partial charge is 0.306 e. The lowest BCUT2D eigenvalue weighted by Crippen LogP contribution is -2.03. The normalized spacial score (nSPS) is 17.8. The van der Waals surface area contributed by atoms with Gasteiger partial charge in [0.05, 0.1) is 0 Å². The van der Waals surface area contributed by atoms with E-state index in [0.717, 1.165) is 18.1 Å². The van der Waals surface area contributed by atoms with E-state index >= 15 is 0 Å². The second-order valence-electron chi connectivity index (χ2n) is 4.59. The Hall–Kier alpha value is -0.440. The van der Waals surface area contributed by atoms with Crippen LogP contribution in [0.1, 0.15) is 51.4 Å². The number of ether oxygens (including phenoxy) is 1. The maximum atomic E-state index is 11.1. The van der Waals surface area contributed by atoms with Gasteiger partial charge in [0, 0.05) is 17.4 Å². The first kappa shape index (κ1) is 14.6. The van der Waals surface area contributed by atoms with Gasteiger partial charge >= 0.3 is 5.97 Å². The minimum atomic E-state index is -0.0874. The fourth-order valence-electron chi connectivity index (χ4n) is 1.81. The van der Waals surface area contributed by atoms with Crippen LogP contribution in [0, 0.1) is 0 Å². The summed E-state index contributed by atoms with van der Waals surface area (Å²) in [5, 5.41) is 0.995. The van der Waals surface area contributed by atoms with Crippen LogP contribution in [0.25, 0.3) is 0 Å². The standard InChI is InChI=1S/C14H24O2S/c1-2-11-16-14(15)10-8-6-4-3-5-7-9-13-12-17-13/h2,13H,1,3-12H2. The Labute approximate surface area is 109 Å². The van der Waals surface area contributed by atoms with Gasteiger partial charge in [-0.25, -0.2) is 0 Å². The van der Waals surface area contributed by atoms with Crippen LogP contribution in [0.15, 0.2) is 12.7 Å². The third-order valence-electron chi connectivity index (χ3n) is 2.92. The van der Waals surface area contributed by atoms with Gasteiger partial charge in [-0.1, -0.05) is 44.8 Å². The topological polar surface area (TPSA) is 26.3 Å². The summed E-state index contributed by atoms with van der Waals surface area (Å²) in [4.78, 5) is 11.1. The quantitative estimate of drug-likeness (QED) is 0.242. The van der Waals surface area contributed by atoms with Crippen molar-refractivity contribution in [3.8, 4) is 0 Å². The Bertz CT molecular complexity index is 224. The zero-order valence-corrected chi connectivity index (χ0v) is 11.5. The maximum Gasteiger partial charge on any atom is 0.306 e. The highest BCUT2D eigenvalue weighted by molar-refractivity contribution is 8.06. The Balaban J connectivity index is 1.73. The monoisotopic (exact) mass is 256 g/mol. The average molecular weight is 256 g/mol. The number of carbonyl (C=O) groups excluding carboxylic acids is 1. The van der Waals surface area contributed by atoms with E-state index < -0.39 is 0 Å². The molecule has 1 saturated heterocycles. The zero-order valence-electron chi connectivity index (χ0n) is 10.7. The lowest BCUT2D eigenvalue weighted by molar-refractivity contribution is -0.142. The van der Waals surface area contributed by atoms with Crippen molar-refractivity contribution in [1.82, 2.24) is 0 Å². The van der Waals surface area contributed by atoms with Crippen molar-refractivity contribution in [3.05, 3.63) is 12.7 Å². The van der Waals surface area contributed by atoms with Gasteiger partial charge in [-0.2, -0.15) is 11.8 Å². The first-order valence-electron chi connectivity index (χ1n) is 6.71. The molecule has 1 aliphatic heterocycles. The van der Waals surface area contributed by atoms with E-state index in [9.17, 15) is 4.79 Å². The van der Waals surface area contributed by atoms with Crippen molar-refractivity contribution in [3.63, 3.8) is 0 Å². The van der Waals surface area contributed by atoms with Crippen molar-refractivity contribution in [2.75, 3.05) is 12.4 Å². The van der Waals surface area contributed by atoms with Crippen LogP contribution in [0.4, 0.5) is 0 Å². The lowest BCUT2D eigenvalue weighted by atomic mass is 10.1. The molecule has 98 valence electrons. The Kier molecular flexibility index (Phi) is 8.24. The lowest BCUT2D eigenvalue weighted by Gasteiger charge is -2.02. The number of carbonyl (C=O) groups is 1. The van der Waals surface area contributed by atoms with Gasteiger partial charge in [-0.3, -0.25) is 4.79 Å². The van der Waals surface area contributed by atoms with Gasteiger partial charge in [0.25, 0.3) is 0 Å². The number of rotatable bonds is 11. The van der Waals surface area contributed by atoms with Gasteiger partial charge in [0.1, 0.15) is 6.61 Å². The maximum absolute atomic E-state index is 11.1. The summed E-state index contributed by atoms with van der Waals surface area (Å²) in [5.41, 5.74) is 0. The molecule has 17 heavy (non-hydrogen) atoms. The fourth-order valence-corrected chi connectivity index (χ4v) is 2.44. The second kappa shape index (κ2) is 9.58. The summed E-state index contributed by atoms with van der Waals surface area (Å²) in [7, 11) is 0. The van der Waals surface area contributed by atoms with E-state index in [2.05, 4.69) is 18.3 Å². The number of thioether (sulfide) groups is 1. The number of unbranched alkanes of at least 4 members (excludes halogenated alkanes) is 5. The summed E-state index contributed by atoms with van der Waals surface area (Å²) in [6.07, 6.45) is 11.0. The minimum Gasteiger partial charge on any atom is -0.461 e. The van der Waals surface area contributed by atoms with Crippen molar-refractivity contribution in [2.24, 2.45) is 0 Å². The predicted molar refractivity (Wildman–Crippen MR) is 74.3 cm³/mol. The van der Waals surface area contributed by atoms with E-state index in [4.69, 9.17) is 4.74 Å². The summed E-state index contributed by atoms with van der Waals surface area (Å²) in [6.45, 7) is 3.85. The Morgan fingerprint density at radius 1 is 1.24 bits per heavy atom. The number of esters is 1. The molecule has 1 unspecified atom stereocenters. The Morgan fingerprint density at radius 2 is 1.88 bits per heavy atom. The summed E-state index contributed by atoms with van der Waals surface area (Å²) in [5.74, 6) is 1.31. The van der Waals surface area contributed by atoms with E-state index in [-0.39, 0.29) is 5.97 Å². The molecule has 1 aliphatic rings. The third kappa shape index (κ3) is 9.28.